The average Bonchev–Trinajstić information content (AvgIpc) is 2.81. The Bertz CT molecular complexity index is 1110. The Kier molecular flexibility index (Phi) is 6.75. The predicted molar refractivity (Wildman–Crippen MR) is 121 cm³/mol. The zero-order valence-electron chi connectivity index (χ0n) is 17.7. The molecule has 4 rings (SSSR count). The summed E-state index contributed by atoms with van der Waals surface area (Å²) < 4.78 is 18.8. The smallest absolute Gasteiger partial charge is 0.318 e. The number of likely N-dealkylation sites (tertiary alicyclic amines) is 1. The second-order valence-electron chi connectivity index (χ2n) is 8.08. The molecule has 1 saturated heterocycles. The molecule has 0 N–H and O–H groups in total. The van der Waals surface area contributed by atoms with Crippen molar-refractivity contribution in [1.82, 2.24) is 4.90 Å². The van der Waals surface area contributed by atoms with Gasteiger partial charge in [0.05, 0.1) is 16.9 Å². The van der Waals surface area contributed by atoms with Gasteiger partial charge in [0.25, 0.3) is 0 Å². The quantitative estimate of drug-likeness (QED) is 0.209. The van der Waals surface area contributed by atoms with Crippen molar-refractivity contribution in [3.8, 4) is 5.75 Å². The van der Waals surface area contributed by atoms with E-state index in [1.807, 2.05) is 18.2 Å². The van der Waals surface area contributed by atoms with Gasteiger partial charge in [0.15, 0.2) is 11.5 Å². The molecule has 1 fully saturated rings. The lowest BCUT2D eigenvalue weighted by Gasteiger charge is -2.31. The maximum atomic E-state index is 13.1. The highest BCUT2D eigenvalue weighted by molar-refractivity contribution is 5.97. The molecule has 3 aromatic rings. The van der Waals surface area contributed by atoms with Gasteiger partial charge in [0, 0.05) is 18.0 Å². The van der Waals surface area contributed by atoms with Gasteiger partial charge >= 0.3 is 5.69 Å². The van der Waals surface area contributed by atoms with Crippen molar-refractivity contribution >= 4 is 22.2 Å². The number of carbonyl (C=O) groups is 1. The first kappa shape index (κ1) is 21.9. The zero-order valence-corrected chi connectivity index (χ0v) is 17.7. The third-order valence-electron chi connectivity index (χ3n) is 6.01. The van der Waals surface area contributed by atoms with Gasteiger partial charge in [-0.25, -0.2) is 4.39 Å². The van der Waals surface area contributed by atoms with Crippen LogP contribution < -0.4 is 4.74 Å². The lowest BCUT2D eigenvalue weighted by Crippen LogP contribution is -2.37. The van der Waals surface area contributed by atoms with Crippen LogP contribution in [-0.4, -0.2) is 41.8 Å². The van der Waals surface area contributed by atoms with Crippen molar-refractivity contribution in [2.45, 2.75) is 19.3 Å². The van der Waals surface area contributed by atoms with Crippen LogP contribution in [0.5, 0.6) is 5.75 Å². The van der Waals surface area contributed by atoms with E-state index in [1.54, 1.807) is 30.3 Å². The first-order valence-electron chi connectivity index (χ1n) is 10.8. The van der Waals surface area contributed by atoms with E-state index in [9.17, 15) is 19.3 Å². The molecule has 1 aliphatic heterocycles. The summed E-state index contributed by atoms with van der Waals surface area (Å²) in [4.78, 5) is 26.1. The fourth-order valence-corrected chi connectivity index (χ4v) is 4.28. The van der Waals surface area contributed by atoms with E-state index in [4.69, 9.17) is 4.74 Å². The van der Waals surface area contributed by atoms with Crippen LogP contribution in [0.2, 0.25) is 0 Å². The molecule has 166 valence electrons. The number of carbonyl (C=O) groups excluding carboxylic acids is 1. The molecule has 6 nitrogen and oxygen atoms in total. The average molecular weight is 436 g/mol. The number of Topliss-reactive ketones (excluding diaryl/α,β-unsaturated/α-hetero) is 1. The van der Waals surface area contributed by atoms with Gasteiger partial charge in [-0.2, -0.15) is 0 Å². The molecule has 0 atom stereocenters. The van der Waals surface area contributed by atoms with Gasteiger partial charge in [-0.3, -0.25) is 14.9 Å². The van der Waals surface area contributed by atoms with Gasteiger partial charge < -0.3 is 9.64 Å². The number of nitro benzene ring substituents is 1. The largest absolute Gasteiger partial charge is 0.487 e. The summed E-state index contributed by atoms with van der Waals surface area (Å²) in [5.41, 5.74) is 0.568. The number of halogens is 1. The molecule has 0 radical (unpaired) electrons. The van der Waals surface area contributed by atoms with Crippen LogP contribution in [0.25, 0.3) is 10.8 Å². The number of piperidine rings is 1. The van der Waals surface area contributed by atoms with E-state index in [-0.39, 0.29) is 33.9 Å². The van der Waals surface area contributed by atoms with E-state index in [0.717, 1.165) is 44.3 Å². The molecule has 0 saturated carbocycles. The van der Waals surface area contributed by atoms with Crippen LogP contribution in [0.1, 0.15) is 29.6 Å². The number of hydrogen-bond acceptors (Lipinski definition) is 5. The molecule has 7 heteroatoms. The van der Waals surface area contributed by atoms with E-state index in [1.165, 1.54) is 12.1 Å². The van der Waals surface area contributed by atoms with Crippen molar-refractivity contribution in [3.05, 3.63) is 82.2 Å². The minimum Gasteiger partial charge on any atom is -0.487 e. The lowest BCUT2D eigenvalue weighted by atomic mass is 9.89. The van der Waals surface area contributed by atoms with Crippen LogP contribution in [0, 0.1) is 21.8 Å². The Morgan fingerprint density at radius 3 is 2.50 bits per heavy atom. The van der Waals surface area contributed by atoms with Gasteiger partial charge in [0.1, 0.15) is 5.82 Å². The van der Waals surface area contributed by atoms with Crippen molar-refractivity contribution in [1.29, 1.82) is 0 Å². The highest BCUT2D eigenvalue weighted by Gasteiger charge is 2.26. The fraction of sp³-hybridized carbons (Fsp3) is 0.320. The third-order valence-corrected chi connectivity index (χ3v) is 6.01. The number of ether oxygens (including phenoxy) is 1. The molecule has 1 aliphatic rings. The molecule has 3 aromatic carbocycles. The molecule has 1 heterocycles. The highest BCUT2D eigenvalue weighted by atomic mass is 19.1. The van der Waals surface area contributed by atoms with Crippen LogP contribution in [-0.2, 0) is 0 Å². The van der Waals surface area contributed by atoms with Crippen molar-refractivity contribution in [2.75, 3.05) is 26.2 Å². The number of hydrogen-bond donors (Lipinski definition) is 0. The van der Waals surface area contributed by atoms with Gasteiger partial charge in [-0.15, -0.1) is 0 Å². The topological polar surface area (TPSA) is 72.7 Å². The van der Waals surface area contributed by atoms with Gasteiger partial charge in [-0.05, 0) is 74.1 Å². The molecule has 0 unspecified atom stereocenters. The molecule has 32 heavy (non-hydrogen) atoms. The second-order valence-corrected chi connectivity index (χ2v) is 8.08. The molecular formula is C25H25FN2O4. The minimum absolute atomic E-state index is 0.00298. The number of nitrogens with zero attached hydrogens (tertiary/aromatic N) is 2. The van der Waals surface area contributed by atoms with E-state index in [2.05, 4.69) is 4.90 Å². The summed E-state index contributed by atoms with van der Waals surface area (Å²) in [6.45, 7) is 2.81. The highest BCUT2D eigenvalue weighted by Crippen LogP contribution is 2.35. The van der Waals surface area contributed by atoms with E-state index in [0.29, 0.717) is 17.6 Å². The fourth-order valence-electron chi connectivity index (χ4n) is 4.28. The Hall–Kier alpha value is -3.32. The first-order valence-corrected chi connectivity index (χ1v) is 10.8. The Morgan fingerprint density at radius 2 is 1.78 bits per heavy atom. The summed E-state index contributed by atoms with van der Waals surface area (Å²) in [6.07, 6.45) is 2.28. The zero-order chi connectivity index (χ0) is 22.5. The Morgan fingerprint density at radius 1 is 1.06 bits per heavy atom. The lowest BCUT2D eigenvalue weighted by molar-refractivity contribution is -0.384. The van der Waals surface area contributed by atoms with Crippen molar-refractivity contribution in [2.24, 2.45) is 5.92 Å². The van der Waals surface area contributed by atoms with E-state index < -0.39 is 0 Å². The number of benzene rings is 3. The maximum Gasteiger partial charge on any atom is 0.318 e. The Labute approximate surface area is 185 Å². The molecule has 0 aromatic heterocycles. The number of fused-ring (bicyclic) bond motifs is 1. The minimum atomic E-state index is -0.388. The molecule has 0 bridgehead atoms. The third kappa shape index (κ3) is 4.94. The summed E-state index contributed by atoms with van der Waals surface area (Å²) in [7, 11) is 0. The van der Waals surface area contributed by atoms with E-state index >= 15 is 0 Å². The monoisotopic (exact) mass is 436 g/mol. The van der Waals surface area contributed by atoms with Crippen molar-refractivity contribution < 1.29 is 18.8 Å². The SMILES string of the molecule is O=C(c1ccc(F)cc1)C1CCN(CCCOc2ccc3ccccc3c2[N+](=O)[O-])CC1. The van der Waals surface area contributed by atoms with Crippen LogP contribution in [0.15, 0.2) is 60.7 Å². The summed E-state index contributed by atoms with van der Waals surface area (Å²) in [5, 5.41) is 13.0. The maximum absolute atomic E-state index is 13.1. The first-order chi connectivity index (χ1) is 15.5. The van der Waals surface area contributed by atoms with Crippen LogP contribution in [0.3, 0.4) is 0 Å². The molecule has 0 spiro atoms. The normalized spacial score (nSPS) is 15.0. The summed E-state index contributed by atoms with van der Waals surface area (Å²) in [6, 6.07) is 16.4. The molecule has 0 aliphatic carbocycles. The Balaban J connectivity index is 1.26. The van der Waals surface area contributed by atoms with Crippen molar-refractivity contribution in [3.63, 3.8) is 0 Å². The predicted octanol–water partition coefficient (Wildman–Crippen LogP) is 5.25. The number of rotatable bonds is 8. The second kappa shape index (κ2) is 9.87. The van der Waals surface area contributed by atoms with Gasteiger partial charge in [-0.1, -0.05) is 24.3 Å². The molecular weight excluding hydrogens is 411 g/mol. The van der Waals surface area contributed by atoms with Crippen LogP contribution in [0.4, 0.5) is 10.1 Å². The molecule has 0 amide bonds. The summed E-state index contributed by atoms with van der Waals surface area (Å²) in [5.74, 6) is -0.00489. The van der Waals surface area contributed by atoms with Gasteiger partial charge in [0.2, 0.25) is 0 Å². The number of ketones is 1. The van der Waals surface area contributed by atoms with Crippen LogP contribution >= 0.6 is 0 Å². The summed E-state index contributed by atoms with van der Waals surface area (Å²) >= 11 is 0. The standard InChI is InChI=1S/C25H25FN2O4/c26-21-9-6-19(7-10-21)25(29)20-12-15-27(16-13-20)14-3-17-32-23-11-8-18-4-1-2-5-22(18)24(23)28(30)31/h1-2,4-11,20H,3,12-17H2. The number of nitro groups is 1.